The van der Waals surface area contributed by atoms with Crippen molar-refractivity contribution >= 4 is 18.0 Å². The predicted molar refractivity (Wildman–Crippen MR) is 155 cm³/mol. The Kier molecular flexibility index (Phi) is 9.56. The van der Waals surface area contributed by atoms with E-state index in [0.29, 0.717) is 18.8 Å². The smallest absolute Gasteiger partial charge is 0.338 e. The molecule has 1 aliphatic carbocycles. The van der Waals surface area contributed by atoms with Crippen molar-refractivity contribution in [1.29, 1.82) is 5.26 Å². The number of likely N-dealkylation sites (tertiary alicyclic amines) is 1. The van der Waals surface area contributed by atoms with Gasteiger partial charge in [0.2, 0.25) is 0 Å². The maximum atomic E-state index is 14.4. The number of nitrogens with zero attached hydrogens (tertiary/aromatic N) is 3. The Morgan fingerprint density at radius 2 is 1.82 bits per heavy atom. The van der Waals surface area contributed by atoms with E-state index in [1.165, 1.54) is 13.2 Å². The second-order valence-corrected chi connectivity index (χ2v) is 11.3. The molecule has 2 fully saturated rings. The molecule has 5 rings (SSSR count). The zero-order chi connectivity index (χ0) is 31.4. The molecule has 2 aromatic carbocycles. The normalized spacial score (nSPS) is 22.8. The summed E-state index contributed by atoms with van der Waals surface area (Å²) < 4.78 is 38.3. The standard InChI is InChI=1S/C32H35F2N5O5/c1-43-18-27-28(30(40)44-2)29(20-7-10-25(33)26(34)15-20)39(32(42)37-27)31(41)36-22-8-9-23(16-22)38-13-11-19(12-14-38)24-6-4-3-5-21(24)17-35/h3-7,10,15,19,22-23,29H,8-9,11-14,16,18H2,1-2H3,(H,36,41)(H,37,42)/t22?,23-,29?/m1/s1. The molecule has 12 heteroatoms. The zero-order valence-electron chi connectivity index (χ0n) is 24.6. The first-order valence-corrected chi connectivity index (χ1v) is 14.6. The third kappa shape index (κ3) is 6.30. The number of hydrogen-bond acceptors (Lipinski definition) is 7. The summed E-state index contributed by atoms with van der Waals surface area (Å²) in [7, 11) is 2.51. The van der Waals surface area contributed by atoms with E-state index in [9.17, 15) is 28.4 Å². The maximum Gasteiger partial charge on any atom is 0.338 e. The number of ether oxygens (including phenoxy) is 2. The van der Waals surface area contributed by atoms with Crippen molar-refractivity contribution in [2.24, 2.45) is 0 Å². The molecule has 0 bridgehead atoms. The highest BCUT2D eigenvalue weighted by Crippen LogP contribution is 2.37. The van der Waals surface area contributed by atoms with Crippen LogP contribution in [0.2, 0.25) is 0 Å². The number of esters is 1. The third-order valence-electron chi connectivity index (χ3n) is 8.81. The number of piperidine rings is 1. The Morgan fingerprint density at radius 1 is 1.07 bits per heavy atom. The number of carbonyl (C=O) groups is 3. The minimum Gasteiger partial charge on any atom is -0.466 e. The molecule has 2 unspecified atom stereocenters. The van der Waals surface area contributed by atoms with Crippen molar-refractivity contribution in [3.8, 4) is 6.07 Å². The van der Waals surface area contributed by atoms with Crippen molar-refractivity contribution in [2.75, 3.05) is 33.9 Å². The summed E-state index contributed by atoms with van der Waals surface area (Å²) in [5.41, 5.74) is 1.77. The van der Waals surface area contributed by atoms with Gasteiger partial charge in [-0.3, -0.25) is 0 Å². The van der Waals surface area contributed by atoms with Gasteiger partial charge in [-0.15, -0.1) is 0 Å². The number of imide groups is 1. The Bertz CT molecular complexity index is 1500. The van der Waals surface area contributed by atoms with Crippen LogP contribution in [-0.4, -0.2) is 73.8 Å². The van der Waals surface area contributed by atoms with Gasteiger partial charge in [-0.25, -0.2) is 28.1 Å². The molecule has 232 valence electrons. The molecule has 2 aromatic rings. The highest BCUT2D eigenvalue weighted by molar-refractivity contribution is 6.01. The van der Waals surface area contributed by atoms with Crippen LogP contribution < -0.4 is 10.6 Å². The lowest BCUT2D eigenvalue weighted by Crippen LogP contribution is -2.56. The van der Waals surface area contributed by atoms with Gasteiger partial charge < -0.3 is 25.0 Å². The number of nitrogens with one attached hydrogen (secondary N) is 2. The van der Waals surface area contributed by atoms with Crippen LogP contribution in [0.5, 0.6) is 0 Å². The van der Waals surface area contributed by atoms with Gasteiger partial charge in [0.25, 0.3) is 0 Å². The van der Waals surface area contributed by atoms with Gasteiger partial charge >= 0.3 is 18.0 Å². The molecule has 10 nitrogen and oxygen atoms in total. The lowest BCUT2D eigenvalue weighted by Gasteiger charge is -2.37. The number of benzene rings is 2. The molecule has 0 spiro atoms. The van der Waals surface area contributed by atoms with E-state index in [-0.39, 0.29) is 35.5 Å². The molecule has 44 heavy (non-hydrogen) atoms. The summed E-state index contributed by atoms with van der Waals surface area (Å²) in [4.78, 5) is 43.2. The van der Waals surface area contributed by atoms with Crippen molar-refractivity contribution in [3.63, 3.8) is 0 Å². The molecule has 0 radical (unpaired) electrons. The molecule has 1 saturated carbocycles. The third-order valence-corrected chi connectivity index (χ3v) is 8.81. The predicted octanol–water partition coefficient (Wildman–Crippen LogP) is 4.49. The minimum absolute atomic E-state index is 0.0213. The van der Waals surface area contributed by atoms with Gasteiger partial charge in [0.1, 0.15) is 6.04 Å². The number of rotatable bonds is 7. The summed E-state index contributed by atoms with van der Waals surface area (Å²) in [6.07, 6.45) is 4.08. The summed E-state index contributed by atoms with van der Waals surface area (Å²) in [5, 5.41) is 15.0. The molecule has 3 atom stereocenters. The maximum absolute atomic E-state index is 14.4. The number of methoxy groups -OCH3 is 2. The minimum atomic E-state index is -1.39. The summed E-state index contributed by atoms with van der Waals surface area (Å²) in [6, 6.07) is 9.98. The van der Waals surface area contributed by atoms with Gasteiger partial charge in [-0.1, -0.05) is 24.3 Å². The Labute approximate surface area is 254 Å². The van der Waals surface area contributed by atoms with Crippen LogP contribution in [0.4, 0.5) is 18.4 Å². The van der Waals surface area contributed by atoms with E-state index >= 15 is 0 Å². The van der Waals surface area contributed by atoms with E-state index < -0.39 is 35.7 Å². The fraction of sp³-hybridized carbons (Fsp3) is 0.438. The van der Waals surface area contributed by atoms with E-state index in [4.69, 9.17) is 9.47 Å². The Morgan fingerprint density at radius 3 is 2.50 bits per heavy atom. The highest BCUT2D eigenvalue weighted by Gasteiger charge is 2.44. The van der Waals surface area contributed by atoms with E-state index in [1.807, 2.05) is 24.3 Å². The molecule has 3 aliphatic rings. The van der Waals surface area contributed by atoms with Crippen molar-refractivity contribution < 1.29 is 32.6 Å². The first kappa shape index (κ1) is 31.1. The number of hydrogen-bond donors (Lipinski definition) is 2. The lowest BCUT2D eigenvalue weighted by molar-refractivity contribution is -0.137. The Balaban J connectivity index is 1.30. The fourth-order valence-electron chi connectivity index (χ4n) is 6.67. The van der Waals surface area contributed by atoms with Crippen LogP contribution >= 0.6 is 0 Å². The second-order valence-electron chi connectivity index (χ2n) is 11.3. The first-order valence-electron chi connectivity index (χ1n) is 14.6. The van der Waals surface area contributed by atoms with Crippen LogP contribution in [0.25, 0.3) is 0 Å². The summed E-state index contributed by atoms with van der Waals surface area (Å²) in [6.45, 7) is 1.56. The Hall–Kier alpha value is -4.34. The average Bonchev–Trinajstić information content (AvgIpc) is 3.50. The number of nitriles is 1. The topological polar surface area (TPSA) is 124 Å². The number of halogens is 2. The number of amides is 4. The fourth-order valence-corrected chi connectivity index (χ4v) is 6.67. The van der Waals surface area contributed by atoms with Crippen LogP contribution in [0, 0.1) is 23.0 Å². The molecular weight excluding hydrogens is 572 g/mol. The molecular formula is C32H35F2N5O5. The van der Waals surface area contributed by atoms with Gasteiger partial charge in [0.05, 0.1) is 36.6 Å². The molecule has 2 heterocycles. The summed E-state index contributed by atoms with van der Waals surface area (Å²) in [5.74, 6) is -2.83. The average molecular weight is 608 g/mol. The van der Waals surface area contributed by atoms with Crippen LogP contribution in [0.3, 0.4) is 0 Å². The first-order chi connectivity index (χ1) is 21.2. The highest BCUT2D eigenvalue weighted by atomic mass is 19.2. The largest absolute Gasteiger partial charge is 0.466 e. The van der Waals surface area contributed by atoms with Crippen LogP contribution in [0.1, 0.15) is 60.8 Å². The van der Waals surface area contributed by atoms with E-state index in [2.05, 4.69) is 21.6 Å². The van der Waals surface area contributed by atoms with Crippen molar-refractivity contribution in [2.45, 2.75) is 56.1 Å². The molecule has 2 N–H and O–H groups in total. The van der Waals surface area contributed by atoms with Gasteiger partial charge in [-0.2, -0.15) is 5.26 Å². The number of urea groups is 2. The second kappa shape index (κ2) is 13.5. The van der Waals surface area contributed by atoms with E-state index in [1.54, 1.807) is 0 Å². The molecule has 4 amide bonds. The molecule has 1 saturated heterocycles. The van der Waals surface area contributed by atoms with Crippen LogP contribution in [-0.2, 0) is 14.3 Å². The van der Waals surface area contributed by atoms with Crippen LogP contribution in [0.15, 0.2) is 53.7 Å². The molecule has 2 aliphatic heterocycles. The van der Waals surface area contributed by atoms with Crippen molar-refractivity contribution in [1.82, 2.24) is 20.4 Å². The van der Waals surface area contributed by atoms with Gasteiger partial charge in [0, 0.05) is 19.2 Å². The van der Waals surface area contributed by atoms with Crippen molar-refractivity contribution in [3.05, 3.63) is 82.1 Å². The SMILES string of the molecule is COCC1=C(C(=O)OC)C(c2ccc(F)c(F)c2)N(C(=O)NC2CC[C@@H](N3CCC(c4ccccc4C#N)CC3)C2)C(=O)N1. The summed E-state index contributed by atoms with van der Waals surface area (Å²) >= 11 is 0. The van der Waals surface area contributed by atoms with E-state index in [0.717, 1.165) is 67.6 Å². The lowest BCUT2D eigenvalue weighted by atomic mass is 9.86. The molecule has 0 aromatic heterocycles. The zero-order valence-corrected chi connectivity index (χ0v) is 24.6. The van der Waals surface area contributed by atoms with Gasteiger partial charge in [0.15, 0.2) is 11.6 Å². The number of carbonyl (C=O) groups excluding carboxylic acids is 3. The quantitative estimate of drug-likeness (QED) is 0.445. The monoisotopic (exact) mass is 607 g/mol. The van der Waals surface area contributed by atoms with Gasteiger partial charge in [-0.05, 0) is 80.4 Å².